The summed E-state index contributed by atoms with van der Waals surface area (Å²) in [6, 6.07) is 6.67. The van der Waals surface area contributed by atoms with Crippen molar-refractivity contribution in [3.8, 4) is 0 Å². The Morgan fingerprint density at radius 2 is 2.19 bits per heavy atom. The minimum atomic E-state index is 0.254. The summed E-state index contributed by atoms with van der Waals surface area (Å²) in [6.45, 7) is 6.12. The van der Waals surface area contributed by atoms with E-state index in [-0.39, 0.29) is 6.04 Å². The lowest BCUT2D eigenvalue weighted by molar-refractivity contribution is 0.495. The number of hydrogen-bond donors (Lipinski definition) is 1. The number of nitrogens with one attached hydrogen (secondary N) is 1. The number of rotatable bonds is 7. The topological polar surface area (TPSA) is 42.7 Å². The fourth-order valence-electron chi connectivity index (χ4n) is 2.29. The first-order chi connectivity index (χ1) is 10.2. The Morgan fingerprint density at radius 1 is 1.38 bits per heavy atom. The molecule has 0 aliphatic carbocycles. The molecule has 0 aliphatic heterocycles. The zero-order valence-corrected chi connectivity index (χ0v) is 16.1. The molecule has 1 N–H and O–H groups in total. The average Bonchev–Trinajstić information content (AvgIpc) is 2.93. The van der Waals surface area contributed by atoms with E-state index >= 15 is 0 Å². The van der Waals surface area contributed by atoms with Crippen molar-refractivity contribution in [2.24, 2.45) is 0 Å². The highest BCUT2D eigenvalue weighted by molar-refractivity contribution is 14.1. The van der Waals surface area contributed by atoms with E-state index in [4.69, 9.17) is 0 Å². The molecular formula is C15H20BrIN4. The van der Waals surface area contributed by atoms with Gasteiger partial charge in [-0.3, -0.25) is 4.68 Å². The Morgan fingerprint density at radius 3 is 2.90 bits per heavy atom. The molecule has 1 unspecified atom stereocenters. The van der Waals surface area contributed by atoms with Gasteiger partial charge < -0.3 is 5.32 Å². The smallest absolute Gasteiger partial charge is 0.138 e. The molecule has 0 fully saturated rings. The molecule has 1 atom stereocenters. The summed E-state index contributed by atoms with van der Waals surface area (Å²) in [7, 11) is 0. The molecule has 0 bridgehead atoms. The van der Waals surface area contributed by atoms with Gasteiger partial charge in [0.05, 0.1) is 0 Å². The molecule has 0 saturated heterocycles. The van der Waals surface area contributed by atoms with E-state index in [1.807, 2.05) is 4.68 Å². The van der Waals surface area contributed by atoms with E-state index in [9.17, 15) is 0 Å². The van der Waals surface area contributed by atoms with Crippen LogP contribution in [0.25, 0.3) is 0 Å². The Bertz CT molecular complexity index is 585. The lowest BCUT2D eigenvalue weighted by Crippen LogP contribution is -2.26. The number of benzene rings is 1. The van der Waals surface area contributed by atoms with Crippen molar-refractivity contribution in [2.75, 3.05) is 6.54 Å². The van der Waals surface area contributed by atoms with Crippen LogP contribution in [0.1, 0.15) is 37.7 Å². The molecule has 1 aromatic heterocycles. The van der Waals surface area contributed by atoms with Crippen LogP contribution in [0.15, 0.2) is 29.0 Å². The van der Waals surface area contributed by atoms with Gasteiger partial charge in [-0.1, -0.05) is 22.9 Å². The first-order valence-electron chi connectivity index (χ1n) is 7.20. The van der Waals surface area contributed by atoms with Crippen LogP contribution in [0, 0.1) is 3.57 Å². The summed E-state index contributed by atoms with van der Waals surface area (Å²) < 4.78 is 4.34. The van der Waals surface area contributed by atoms with Crippen molar-refractivity contribution < 1.29 is 0 Å². The van der Waals surface area contributed by atoms with Crippen molar-refractivity contribution in [3.05, 3.63) is 44.0 Å². The molecule has 1 heterocycles. The lowest BCUT2D eigenvalue weighted by atomic mass is 10.0. The molecule has 0 spiro atoms. The SMILES string of the molecule is CCCNC(Cc1ncnn1CC)c1cc(Br)ccc1I. The van der Waals surface area contributed by atoms with Crippen LogP contribution < -0.4 is 5.32 Å². The standard InChI is InChI=1S/C15H20BrIN4/c1-3-7-18-14(9-15-19-10-20-21(15)4-2)12-8-11(16)5-6-13(12)17/h5-6,8,10,14,18H,3-4,7,9H2,1-2H3. The fraction of sp³-hybridized carbons (Fsp3) is 0.467. The summed E-state index contributed by atoms with van der Waals surface area (Å²) in [4.78, 5) is 4.41. The van der Waals surface area contributed by atoms with Crippen LogP contribution in [0.4, 0.5) is 0 Å². The second kappa shape index (κ2) is 8.24. The molecule has 21 heavy (non-hydrogen) atoms. The van der Waals surface area contributed by atoms with Crippen LogP contribution in [-0.2, 0) is 13.0 Å². The molecule has 0 amide bonds. The molecule has 114 valence electrons. The second-order valence-corrected chi connectivity index (χ2v) is 6.95. The van der Waals surface area contributed by atoms with E-state index < -0.39 is 0 Å². The molecule has 2 rings (SSSR count). The zero-order chi connectivity index (χ0) is 15.2. The van der Waals surface area contributed by atoms with Crippen LogP contribution in [0.5, 0.6) is 0 Å². The zero-order valence-electron chi connectivity index (χ0n) is 12.3. The molecule has 4 nitrogen and oxygen atoms in total. The first kappa shape index (κ1) is 16.9. The van der Waals surface area contributed by atoms with Crippen molar-refractivity contribution in [1.29, 1.82) is 0 Å². The predicted octanol–water partition coefficient (Wildman–Crippen LogP) is 3.95. The van der Waals surface area contributed by atoms with Gasteiger partial charge in [0.25, 0.3) is 0 Å². The minimum Gasteiger partial charge on any atom is -0.310 e. The van der Waals surface area contributed by atoms with Gasteiger partial charge in [-0.25, -0.2) is 4.98 Å². The van der Waals surface area contributed by atoms with Gasteiger partial charge in [-0.2, -0.15) is 5.10 Å². The molecule has 1 aromatic carbocycles. The third-order valence-electron chi connectivity index (χ3n) is 3.36. The van der Waals surface area contributed by atoms with Crippen LogP contribution in [0.3, 0.4) is 0 Å². The van der Waals surface area contributed by atoms with Crippen LogP contribution in [-0.4, -0.2) is 21.3 Å². The number of hydrogen-bond acceptors (Lipinski definition) is 3. The normalized spacial score (nSPS) is 12.6. The number of aromatic nitrogens is 3. The molecule has 6 heteroatoms. The van der Waals surface area contributed by atoms with Gasteiger partial charge >= 0.3 is 0 Å². The summed E-state index contributed by atoms with van der Waals surface area (Å²) in [5, 5.41) is 7.90. The molecule has 0 aliphatic rings. The van der Waals surface area contributed by atoms with Gasteiger partial charge in [0.1, 0.15) is 12.2 Å². The van der Waals surface area contributed by atoms with Crippen molar-refractivity contribution in [2.45, 2.75) is 39.3 Å². The average molecular weight is 463 g/mol. The summed E-state index contributed by atoms with van der Waals surface area (Å²) >= 11 is 5.97. The minimum absolute atomic E-state index is 0.254. The summed E-state index contributed by atoms with van der Waals surface area (Å²) in [5.41, 5.74) is 1.31. The van der Waals surface area contributed by atoms with E-state index in [0.717, 1.165) is 36.2 Å². The Kier molecular flexibility index (Phi) is 6.63. The van der Waals surface area contributed by atoms with Crippen LogP contribution in [0.2, 0.25) is 0 Å². The largest absolute Gasteiger partial charge is 0.310 e. The maximum absolute atomic E-state index is 4.41. The van der Waals surface area contributed by atoms with Gasteiger partial charge in [-0.05, 0) is 66.2 Å². The fourth-order valence-corrected chi connectivity index (χ4v) is 3.38. The highest BCUT2D eigenvalue weighted by Crippen LogP contribution is 2.26. The van der Waals surface area contributed by atoms with Gasteiger partial charge in [0.15, 0.2) is 0 Å². The summed E-state index contributed by atoms with van der Waals surface area (Å²) in [5.74, 6) is 1.03. The van der Waals surface area contributed by atoms with Crippen LogP contribution >= 0.6 is 38.5 Å². The van der Waals surface area contributed by atoms with Crippen molar-refractivity contribution in [3.63, 3.8) is 0 Å². The Balaban J connectivity index is 2.27. The van der Waals surface area contributed by atoms with E-state index in [0.29, 0.717) is 0 Å². The molecule has 2 aromatic rings. The van der Waals surface area contributed by atoms with E-state index in [2.05, 4.69) is 86.0 Å². The third-order valence-corrected chi connectivity index (χ3v) is 4.83. The molecule has 0 saturated carbocycles. The van der Waals surface area contributed by atoms with Gasteiger partial charge in [0, 0.05) is 27.1 Å². The van der Waals surface area contributed by atoms with Gasteiger partial charge in [0.2, 0.25) is 0 Å². The maximum Gasteiger partial charge on any atom is 0.138 e. The molecular weight excluding hydrogens is 443 g/mol. The quantitative estimate of drug-likeness (QED) is 0.633. The van der Waals surface area contributed by atoms with E-state index in [1.165, 1.54) is 9.13 Å². The highest BCUT2D eigenvalue weighted by Gasteiger charge is 2.17. The van der Waals surface area contributed by atoms with E-state index in [1.54, 1.807) is 6.33 Å². The van der Waals surface area contributed by atoms with Gasteiger partial charge in [-0.15, -0.1) is 0 Å². The predicted molar refractivity (Wildman–Crippen MR) is 97.3 cm³/mol. The summed E-state index contributed by atoms with van der Waals surface area (Å²) in [6.07, 6.45) is 3.60. The Hall–Kier alpha value is -0.470. The monoisotopic (exact) mass is 462 g/mol. The number of nitrogens with zero attached hydrogens (tertiary/aromatic N) is 3. The first-order valence-corrected chi connectivity index (χ1v) is 9.07. The maximum atomic E-state index is 4.41. The van der Waals surface area contributed by atoms with Crippen molar-refractivity contribution in [1.82, 2.24) is 20.1 Å². The number of halogens is 2. The third kappa shape index (κ3) is 4.50. The van der Waals surface area contributed by atoms with Crippen molar-refractivity contribution >= 4 is 38.5 Å². The Labute approximate surface area is 148 Å². The second-order valence-electron chi connectivity index (χ2n) is 4.87. The lowest BCUT2D eigenvalue weighted by Gasteiger charge is -2.20. The number of aryl methyl sites for hydroxylation is 1. The highest BCUT2D eigenvalue weighted by atomic mass is 127. The molecule has 0 radical (unpaired) electrons.